The van der Waals surface area contributed by atoms with Crippen LogP contribution in [0, 0.1) is 0 Å². The lowest BCUT2D eigenvalue weighted by Gasteiger charge is -2.16. The van der Waals surface area contributed by atoms with Gasteiger partial charge in [-0.25, -0.2) is 0 Å². The zero-order valence-electron chi connectivity index (χ0n) is 15.3. The van der Waals surface area contributed by atoms with E-state index in [-0.39, 0.29) is 11.9 Å². The van der Waals surface area contributed by atoms with Gasteiger partial charge in [0, 0.05) is 5.56 Å². The van der Waals surface area contributed by atoms with Gasteiger partial charge in [0.05, 0.1) is 12.6 Å². The molecule has 0 aliphatic carbocycles. The topological polar surface area (TPSA) is 50.4 Å². The van der Waals surface area contributed by atoms with Crippen molar-refractivity contribution in [2.75, 3.05) is 6.61 Å². The van der Waals surface area contributed by atoms with Gasteiger partial charge in [-0.1, -0.05) is 50.1 Å². The number of hydrogen-bond acceptors (Lipinski definition) is 3. The summed E-state index contributed by atoms with van der Waals surface area (Å²) in [7, 11) is 0. The number of amides is 1. The highest BCUT2D eigenvalue weighted by Crippen LogP contribution is 2.13. The van der Waals surface area contributed by atoms with E-state index in [1.807, 2.05) is 49.4 Å². The smallest absolute Gasteiger partial charge is 0.257 e. The van der Waals surface area contributed by atoms with Gasteiger partial charge in [0.15, 0.2) is 5.11 Å². The fraction of sp³-hybridized carbons (Fsp3) is 0.333. The van der Waals surface area contributed by atoms with E-state index >= 15 is 0 Å². The molecule has 26 heavy (non-hydrogen) atoms. The number of carbonyl (C=O) groups is 1. The maximum absolute atomic E-state index is 12.3. The van der Waals surface area contributed by atoms with Gasteiger partial charge < -0.3 is 10.1 Å². The van der Waals surface area contributed by atoms with Crippen molar-refractivity contribution in [2.24, 2.45) is 0 Å². The van der Waals surface area contributed by atoms with Crippen molar-refractivity contribution in [3.05, 3.63) is 65.7 Å². The Kier molecular flexibility index (Phi) is 8.09. The molecule has 2 rings (SSSR count). The first kappa shape index (κ1) is 19.9. The Morgan fingerprint density at radius 2 is 1.77 bits per heavy atom. The van der Waals surface area contributed by atoms with Crippen molar-refractivity contribution >= 4 is 23.2 Å². The first-order valence-electron chi connectivity index (χ1n) is 8.99. The van der Waals surface area contributed by atoms with Crippen LogP contribution < -0.4 is 15.4 Å². The molecule has 0 aliphatic heterocycles. The van der Waals surface area contributed by atoms with Gasteiger partial charge in [-0.2, -0.15) is 0 Å². The van der Waals surface area contributed by atoms with Gasteiger partial charge >= 0.3 is 0 Å². The number of unbranched alkanes of at least 4 members (excludes halogenated alkanes) is 2. The number of thiocarbonyl (C=S) groups is 1. The summed E-state index contributed by atoms with van der Waals surface area (Å²) in [5.41, 5.74) is 1.65. The third kappa shape index (κ3) is 6.48. The van der Waals surface area contributed by atoms with Crippen LogP contribution in [0.5, 0.6) is 5.75 Å². The van der Waals surface area contributed by atoms with Crippen molar-refractivity contribution < 1.29 is 9.53 Å². The monoisotopic (exact) mass is 370 g/mol. The lowest BCUT2D eigenvalue weighted by atomic mass is 10.1. The second kappa shape index (κ2) is 10.6. The van der Waals surface area contributed by atoms with Gasteiger partial charge in [0.25, 0.3) is 5.91 Å². The second-order valence-electron chi connectivity index (χ2n) is 6.14. The number of nitrogens with one attached hydrogen (secondary N) is 2. The van der Waals surface area contributed by atoms with Crippen LogP contribution >= 0.6 is 12.2 Å². The average molecular weight is 371 g/mol. The Labute approximate surface area is 161 Å². The van der Waals surface area contributed by atoms with Crippen LogP contribution in [0.15, 0.2) is 54.6 Å². The van der Waals surface area contributed by atoms with E-state index in [4.69, 9.17) is 17.0 Å². The van der Waals surface area contributed by atoms with E-state index in [0.717, 1.165) is 24.2 Å². The van der Waals surface area contributed by atoms with Crippen LogP contribution in [0.2, 0.25) is 0 Å². The summed E-state index contributed by atoms with van der Waals surface area (Å²) >= 11 is 5.25. The molecule has 0 aromatic heterocycles. The Morgan fingerprint density at radius 1 is 1.08 bits per heavy atom. The van der Waals surface area contributed by atoms with Gasteiger partial charge in [0.1, 0.15) is 5.75 Å². The zero-order chi connectivity index (χ0) is 18.8. The molecule has 0 aliphatic rings. The van der Waals surface area contributed by atoms with Crippen molar-refractivity contribution in [3.8, 4) is 5.75 Å². The van der Waals surface area contributed by atoms with Crippen LogP contribution in [-0.2, 0) is 0 Å². The summed E-state index contributed by atoms with van der Waals surface area (Å²) in [6.45, 7) is 4.86. The molecule has 0 radical (unpaired) electrons. The summed E-state index contributed by atoms with van der Waals surface area (Å²) in [5, 5.41) is 6.15. The van der Waals surface area contributed by atoms with E-state index in [0.29, 0.717) is 17.3 Å². The molecule has 5 heteroatoms. The van der Waals surface area contributed by atoms with Crippen molar-refractivity contribution in [1.29, 1.82) is 0 Å². The molecule has 0 fully saturated rings. The average Bonchev–Trinajstić information content (AvgIpc) is 2.66. The minimum absolute atomic E-state index is 0.0166. The number of carbonyl (C=O) groups excluding carboxylic acids is 1. The van der Waals surface area contributed by atoms with Crippen LogP contribution in [0.4, 0.5) is 0 Å². The standard InChI is InChI=1S/C21H26N2O2S/c1-3-4-8-15-25-19-13-11-18(12-14-19)20(24)23-21(26)22-16(2)17-9-6-5-7-10-17/h5-7,9-14,16H,3-4,8,15H2,1-2H3,(H2,22,23,24,26)/t16-/m1/s1. The predicted octanol–water partition coefficient (Wildman–Crippen LogP) is 4.62. The largest absolute Gasteiger partial charge is 0.494 e. The summed E-state index contributed by atoms with van der Waals surface area (Å²) in [4.78, 5) is 12.3. The molecule has 0 heterocycles. The molecule has 2 aromatic carbocycles. The van der Waals surface area contributed by atoms with E-state index in [1.165, 1.54) is 6.42 Å². The highest BCUT2D eigenvalue weighted by atomic mass is 32.1. The predicted molar refractivity (Wildman–Crippen MR) is 110 cm³/mol. The third-order valence-electron chi connectivity index (χ3n) is 4.01. The molecule has 0 saturated heterocycles. The van der Waals surface area contributed by atoms with Gasteiger partial charge in [-0.3, -0.25) is 10.1 Å². The van der Waals surface area contributed by atoms with Crippen molar-refractivity contribution in [2.45, 2.75) is 39.2 Å². The van der Waals surface area contributed by atoms with Crippen LogP contribution in [-0.4, -0.2) is 17.6 Å². The van der Waals surface area contributed by atoms with Gasteiger partial charge in [0.2, 0.25) is 0 Å². The molecule has 2 aromatic rings. The minimum Gasteiger partial charge on any atom is -0.494 e. The molecular formula is C21H26N2O2S. The van der Waals surface area contributed by atoms with E-state index in [2.05, 4.69) is 17.6 Å². The molecule has 0 spiro atoms. The molecule has 1 atom stereocenters. The number of benzene rings is 2. The summed E-state index contributed by atoms with van der Waals surface area (Å²) in [6, 6.07) is 17.1. The summed E-state index contributed by atoms with van der Waals surface area (Å²) in [5.74, 6) is 0.538. The maximum Gasteiger partial charge on any atom is 0.257 e. The normalized spacial score (nSPS) is 11.5. The molecule has 0 bridgehead atoms. The Bertz CT molecular complexity index is 702. The maximum atomic E-state index is 12.3. The molecule has 138 valence electrons. The SMILES string of the molecule is CCCCCOc1ccc(C(=O)NC(=S)N[C@H](C)c2ccccc2)cc1. The Balaban J connectivity index is 1.82. The van der Waals surface area contributed by atoms with Gasteiger partial charge in [-0.15, -0.1) is 0 Å². The first-order valence-corrected chi connectivity index (χ1v) is 9.40. The van der Waals surface area contributed by atoms with Crippen LogP contribution in [0.3, 0.4) is 0 Å². The minimum atomic E-state index is -0.236. The number of ether oxygens (including phenoxy) is 1. The highest BCUT2D eigenvalue weighted by molar-refractivity contribution is 7.80. The van der Waals surface area contributed by atoms with Crippen molar-refractivity contribution in [3.63, 3.8) is 0 Å². The lowest BCUT2D eigenvalue weighted by molar-refractivity contribution is 0.0976. The van der Waals surface area contributed by atoms with Crippen molar-refractivity contribution in [1.82, 2.24) is 10.6 Å². The van der Waals surface area contributed by atoms with Crippen LogP contribution in [0.1, 0.15) is 55.1 Å². The fourth-order valence-electron chi connectivity index (χ4n) is 2.48. The second-order valence-corrected chi connectivity index (χ2v) is 6.55. The van der Waals surface area contributed by atoms with E-state index < -0.39 is 0 Å². The molecule has 1 amide bonds. The number of hydrogen-bond donors (Lipinski definition) is 2. The molecule has 0 saturated carbocycles. The summed E-state index contributed by atoms with van der Waals surface area (Å²) in [6.07, 6.45) is 3.36. The molecule has 4 nitrogen and oxygen atoms in total. The fourth-order valence-corrected chi connectivity index (χ4v) is 2.75. The zero-order valence-corrected chi connectivity index (χ0v) is 16.1. The summed E-state index contributed by atoms with van der Waals surface area (Å²) < 4.78 is 5.66. The van der Waals surface area contributed by atoms with Crippen LogP contribution in [0.25, 0.3) is 0 Å². The van der Waals surface area contributed by atoms with E-state index in [9.17, 15) is 4.79 Å². The Morgan fingerprint density at radius 3 is 2.42 bits per heavy atom. The van der Waals surface area contributed by atoms with Gasteiger partial charge in [-0.05, 0) is 55.4 Å². The molecule has 2 N–H and O–H groups in total. The quantitative estimate of drug-likeness (QED) is 0.526. The first-order chi connectivity index (χ1) is 12.6. The molecular weight excluding hydrogens is 344 g/mol. The van der Waals surface area contributed by atoms with E-state index in [1.54, 1.807) is 12.1 Å². The third-order valence-corrected chi connectivity index (χ3v) is 4.23. The Hall–Kier alpha value is -2.40. The highest BCUT2D eigenvalue weighted by Gasteiger charge is 2.11. The molecule has 0 unspecified atom stereocenters. The number of rotatable bonds is 8. The lowest BCUT2D eigenvalue weighted by Crippen LogP contribution is -2.40.